The minimum atomic E-state index is -1.82. The Balaban J connectivity index is 2.19. The van der Waals surface area contributed by atoms with E-state index in [9.17, 15) is 24.3 Å². The predicted molar refractivity (Wildman–Crippen MR) is 114 cm³/mol. The molecule has 3 rings (SSSR count). The molecule has 182 valence electrons. The van der Waals surface area contributed by atoms with E-state index in [-0.39, 0.29) is 5.57 Å². The lowest BCUT2D eigenvalue weighted by Gasteiger charge is -2.42. The molecule has 1 saturated carbocycles. The Morgan fingerprint density at radius 2 is 1.79 bits per heavy atom. The van der Waals surface area contributed by atoms with Gasteiger partial charge in [-0.05, 0) is 26.3 Å². The van der Waals surface area contributed by atoms with Crippen LogP contribution in [0, 0.1) is 23.7 Å². The fourth-order valence-corrected chi connectivity index (χ4v) is 5.34. The van der Waals surface area contributed by atoms with Crippen LogP contribution in [0.4, 0.5) is 0 Å². The summed E-state index contributed by atoms with van der Waals surface area (Å²) in [7, 11) is 0. The molecule has 2 aliphatic carbocycles. The van der Waals surface area contributed by atoms with Gasteiger partial charge < -0.3 is 24.1 Å². The maximum absolute atomic E-state index is 12.8. The lowest BCUT2D eigenvalue weighted by molar-refractivity contribution is -0.205. The molecule has 9 atom stereocenters. The highest BCUT2D eigenvalue weighted by Gasteiger charge is 2.66. The van der Waals surface area contributed by atoms with Crippen LogP contribution < -0.4 is 0 Å². The van der Waals surface area contributed by atoms with Gasteiger partial charge in [-0.3, -0.25) is 14.4 Å². The Bertz CT molecular complexity index is 902. The first-order valence-corrected chi connectivity index (χ1v) is 11.2. The Morgan fingerprint density at radius 3 is 2.33 bits per heavy atom. The highest BCUT2D eigenvalue weighted by atomic mass is 16.6. The molecule has 0 radical (unpaired) electrons. The van der Waals surface area contributed by atoms with Crippen LogP contribution in [0.25, 0.3) is 0 Å². The first kappa shape index (κ1) is 25.0. The van der Waals surface area contributed by atoms with Crippen molar-refractivity contribution in [3.63, 3.8) is 0 Å². The van der Waals surface area contributed by atoms with Crippen molar-refractivity contribution in [1.29, 1.82) is 0 Å². The summed E-state index contributed by atoms with van der Waals surface area (Å²) in [5.41, 5.74) is -1.01. The minimum absolute atomic E-state index is 0.0688. The van der Waals surface area contributed by atoms with E-state index in [4.69, 9.17) is 18.9 Å². The van der Waals surface area contributed by atoms with Crippen LogP contribution in [-0.2, 0) is 38.1 Å². The van der Waals surface area contributed by atoms with Gasteiger partial charge in [0.1, 0.15) is 17.8 Å². The molecule has 1 N–H and O–H groups in total. The molecule has 33 heavy (non-hydrogen) atoms. The molecule has 1 heterocycles. The fraction of sp³-hybridized carbons (Fsp3) is 0.667. The predicted octanol–water partition coefficient (Wildman–Crippen LogP) is 1.86. The Labute approximate surface area is 193 Å². The van der Waals surface area contributed by atoms with Gasteiger partial charge in [0.15, 0.2) is 12.2 Å². The second kappa shape index (κ2) is 8.93. The number of rotatable bonds is 5. The average Bonchev–Trinajstić information content (AvgIpc) is 3.16. The zero-order chi connectivity index (χ0) is 24.8. The number of carbonyl (C=O) groups is 4. The van der Waals surface area contributed by atoms with Crippen LogP contribution in [0.15, 0.2) is 23.8 Å². The Morgan fingerprint density at radius 1 is 1.18 bits per heavy atom. The summed E-state index contributed by atoms with van der Waals surface area (Å²) in [6.07, 6.45) is -2.11. The first-order chi connectivity index (χ1) is 15.3. The van der Waals surface area contributed by atoms with Crippen LogP contribution in [0.2, 0.25) is 0 Å². The van der Waals surface area contributed by atoms with Crippen molar-refractivity contribution in [3.05, 3.63) is 23.8 Å². The number of hydrogen-bond donors (Lipinski definition) is 1. The lowest BCUT2D eigenvalue weighted by Crippen LogP contribution is -2.58. The van der Waals surface area contributed by atoms with Gasteiger partial charge in [0.25, 0.3) is 0 Å². The van der Waals surface area contributed by atoms with E-state index in [0.717, 1.165) is 5.57 Å². The van der Waals surface area contributed by atoms with Crippen molar-refractivity contribution >= 4 is 23.9 Å². The molecule has 3 aliphatic rings. The summed E-state index contributed by atoms with van der Waals surface area (Å²) in [5.74, 6) is -5.21. The van der Waals surface area contributed by atoms with Crippen LogP contribution in [0.5, 0.6) is 0 Å². The molecule has 0 aromatic carbocycles. The third-order valence-corrected chi connectivity index (χ3v) is 7.07. The standard InChI is InChI=1S/C24H32O9/c1-8-10(2)22(27)33-20-17-12(4)23(28)32-19(17)16-11(3)9-15(30-13(5)25)18(16)24(7,29)21(20)31-14(6)26/h9-10,15-21,29H,4,8H2,1-3,5-7H3/t10-,15-,16+,17+,18-,19-,20-,21-,24+/m1/s1. The summed E-state index contributed by atoms with van der Waals surface area (Å²) in [4.78, 5) is 49.3. The molecule has 0 spiro atoms. The van der Waals surface area contributed by atoms with Crippen molar-refractivity contribution in [2.45, 2.75) is 78.0 Å². The van der Waals surface area contributed by atoms with E-state index in [1.807, 2.05) is 6.92 Å². The third-order valence-electron chi connectivity index (χ3n) is 7.07. The molecule has 0 aromatic rings. The van der Waals surface area contributed by atoms with E-state index in [0.29, 0.717) is 6.42 Å². The molecular weight excluding hydrogens is 432 g/mol. The normalized spacial score (nSPS) is 38.3. The second-order valence-corrected chi connectivity index (χ2v) is 9.42. The molecule has 0 amide bonds. The van der Waals surface area contributed by atoms with Gasteiger partial charge in [0.2, 0.25) is 0 Å². The SMILES string of the molecule is C=C1C(=O)O[C@H]2[C@H]1[C@@H](OC(=O)[C@H](C)CC)[C@@H](OC(C)=O)[C@@](C)(O)[C@H]1[C@@H]2C(C)=C[C@H]1OC(C)=O. The van der Waals surface area contributed by atoms with Gasteiger partial charge in [-0.1, -0.05) is 26.0 Å². The third kappa shape index (κ3) is 4.30. The van der Waals surface area contributed by atoms with Crippen LogP contribution >= 0.6 is 0 Å². The van der Waals surface area contributed by atoms with Crippen molar-refractivity contribution in [2.75, 3.05) is 0 Å². The van der Waals surface area contributed by atoms with Gasteiger partial charge in [-0.25, -0.2) is 4.79 Å². The van der Waals surface area contributed by atoms with E-state index < -0.39 is 77.6 Å². The number of ether oxygens (including phenoxy) is 4. The van der Waals surface area contributed by atoms with Crippen molar-refractivity contribution in [2.24, 2.45) is 23.7 Å². The van der Waals surface area contributed by atoms with Crippen LogP contribution in [0.3, 0.4) is 0 Å². The summed E-state index contributed by atoms with van der Waals surface area (Å²) in [5, 5.41) is 11.9. The molecule has 1 aliphatic heterocycles. The average molecular weight is 465 g/mol. The number of carbonyl (C=O) groups excluding carboxylic acids is 4. The first-order valence-electron chi connectivity index (χ1n) is 11.2. The van der Waals surface area contributed by atoms with E-state index in [2.05, 4.69) is 6.58 Å². The Kier molecular flexibility index (Phi) is 6.75. The summed E-state index contributed by atoms with van der Waals surface area (Å²) < 4.78 is 22.6. The number of fused-ring (bicyclic) bond motifs is 3. The largest absolute Gasteiger partial charge is 0.458 e. The Hall–Kier alpha value is -2.68. The fourth-order valence-electron chi connectivity index (χ4n) is 5.34. The van der Waals surface area contributed by atoms with Crippen molar-refractivity contribution in [3.8, 4) is 0 Å². The smallest absolute Gasteiger partial charge is 0.334 e. The van der Waals surface area contributed by atoms with Crippen molar-refractivity contribution < 1.29 is 43.2 Å². The number of esters is 4. The van der Waals surface area contributed by atoms with Gasteiger partial charge in [-0.15, -0.1) is 0 Å². The van der Waals surface area contributed by atoms with E-state index in [1.165, 1.54) is 20.8 Å². The van der Waals surface area contributed by atoms with Crippen LogP contribution in [-0.4, -0.2) is 59.0 Å². The van der Waals surface area contributed by atoms with Gasteiger partial charge >= 0.3 is 23.9 Å². The number of aliphatic hydroxyl groups is 1. The zero-order valence-electron chi connectivity index (χ0n) is 19.8. The molecule has 2 fully saturated rings. The quantitative estimate of drug-likeness (QED) is 0.281. The zero-order valence-corrected chi connectivity index (χ0v) is 19.8. The molecule has 0 aromatic heterocycles. The molecular formula is C24H32O9. The molecule has 1 saturated heterocycles. The van der Waals surface area contributed by atoms with Crippen LogP contribution in [0.1, 0.15) is 48.0 Å². The minimum Gasteiger partial charge on any atom is -0.458 e. The van der Waals surface area contributed by atoms with Gasteiger partial charge in [0, 0.05) is 31.3 Å². The highest BCUT2D eigenvalue weighted by Crippen LogP contribution is 2.54. The molecule has 0 bridgehead atoms. The molecule has 0 unspecified atom stereocenters. The topological polar surface area (TPSA) is 125 Å². The maximum Gasteiger partial charge on any atom is 0.334 e. The molecule has 9 nitrogen and oxygen atoms in total. The summed E-state index contributed by atoms with van der Waals surface area (Å²) in [6.45, 7) is 13.0. The van der Waals surface area contributed by atoms with E-state index >= 15 is 0 Å². The second-order valence-electron chi connectivity index (χ2n) is 9.42. The van der Waals surface area contributed by atoms with Gasteiger partial charge in [-0.2, -0.15) is 0 Å². The monoisotopic (exact) mass is 464 g/mol. The van der Waals surface area contributed by atoms with Gasteiger partial charge in [0.05, 0.1) is 11.8 Å². The summed E-state index contributed by atoms with van der Waals surface area (Å²) in [6, 6.07) is 0. The highest BCUT2D eigenvalue weighted by molar-refractivity contribution is 5.91. The molecule has 9 heteroatoms. The van der Waals surface area contributed by atoms with Crippen molar-refractivity contribution in [1.82, 2.24) is 0 Å². The lowest BCUT2D eigenvalue weighted by atomic mass is 9.74. The number of hydrogen-bond acceptors (Lipinski definition) is 9. The van der Waals surface area contributed by atoms with E-state index in [1.54, 1.807) is 19.9 Å². The maximum atomic E-state index is 12.8. The summed E-state index contributed by atoms with van der Waals surface area (Å²) >= 11 is 0.